The number of carbonyl (C=O) groups is 1. The number of fused-ring (bicyclic) bond motifs is 1. The van der Waals surface area contributed by atoms with Gasteiger partial charge >= 0.3 is 0 Å². The van der Waals surface area contributed by atoms with Crippen LogP contribution in [-0.2, 0) is 0 Å². The summed E-state index contributed by atoms with van der Waals surface area (Å²) in [5, 5.41) is 15.0. The predicted octanol–water partition coefficient (Wildman–Crippen LogP) is 1.39. The Labute approximate surface area is 154 Å². The third kappa shape index (κ3) is 3.37. The SMILES string of the molecule is CN(C)c1cnnc(NC(=O)c2cnc3ccc(N4CC[C@H](F)C4)nn23)c1. The zero-order valence-electron chi connectivity index (χ0n) is 15.0. The highest BCUT2D eigenvalue weighted by atomic mass is 19.1. The number of amides is 1. The maximum absolute atomic E-state index is 13.5. The second-order valence-electron chi connectivity index (χ2n) is 6.58. The number of rotatable bonds is 4. The summed E-state index contributed by atoms with van der Waals surface area (Å²) in [4.78, 5) is 20.6. The van der Waals surface area contributed by atoms with Crippen molar-refractivity contribution >= 4 is 28.9 Å². The smallest absolute Gasteiger partial charge is 0.277 e. The standard InChI is InChI=1S/C17H19FN8O/c1-24(2)12-7-14(22-20-8-12)21-17(27)13-9-19-15-3-4-16(23-26(13)15)25-6-5-11(18)10-25/h3-4,7-9,11H,5-6,10H2,1-2H3,(H,21,22,27)/t11-/m0/s1. The first-order chi connectivity index (χ1) is 13.0. The van der Waals surface area contributed by atoms with Gasteiger partial charge in [-0.2, -0.15) is 5.10 Å². The molecule has 4 rings (SSSR count). The normalized spacial score (nSPS) is 16.7. The van der Waals surface area contributed by atoms with Crippen LogP contribution in [0.15, 0.2) is 30.6 Å². The fraction of sp³-hybridized carbons (Fsp3) is 0.353. The third-order valence-electron chi connectivity index (χ3n) is 4.43. The zero-order valence-corrected chi connectivity index (χ0v) is 15.0. The van der Waals surface area contributed by atoms with Crippen LogP contribution in [0, 0.1) is 0 Å². The summed E-state index contributed by atoms with van der Waals surface area (Å²) in [7, 11) is 3.75. The fourth-order valence-corrected chi connectivity index (χ4v) is 2.96. The van der Waals surface area contributed by atoms with Crippen LogP contribution in [0.1, 0.15) is 16.9 Å². The van der Waals surface area contributed by atoms with Crippen LogP contribution in [0.25, 0.3) is 5.65 Å². The second kappa shape index (κ2) is 6.78. The average molecular weight is 370 g/mol. The highest BCUT2D eigenvalue weighted by Gasteiger charge is 2.24. The van der Waals surface area contributed by atoms with Gasteiger partial charge in [0.15, 0.2) is 17.2 Å². The Morgan fingerprint density at radius 3 is 2.93 bits per heavy atom. The highest BCUT2D eigenvalue weighted by Crippen LogP contribution is 2.21. The van der Waals surface area contributed by atoms with E-state index < -0.39 is 12.1 Å². The van der Waals surface area contributed by atoms with Crippen molar-refractivity contribution in [3.8, 4) is 0 Å². The van der Waals surface area contributed by atoms with E-state index in [-0.39, 0.29) is 5.69 Å². The summed E-state index contributed by atoms with van der Waals surface area (Å²) in [5.41, 5.74) is 1.61. The molecule has 1 fully saturated rings. The van der Waals surface area contributed by atoms with Crippen molar-refractivity contribution in [1.82, 2.24) is 24.8 Å². The van der Waals surface area contributed by atoms with Gasteiger partial charge in [0.2, 0.25) is 0 Å². The molecular weight excluding hydrogens is 351 g/mol. The van der Waals surface area contributed by atoms with Gasteiger partial charge in [-0.1, -0.05) is 0 Å². The van der Waals surface area contributed by atoms with Gasteiger partial charge in [0.1, 0.15) is 12.0 Å². The molecule has 0 unspecified atom stereocenters. The van der Waals surface area contributed by atoms with Crippen LogP contribution in [0.4, 0.5) is 21.7 Å². The van der Waals surface area contributed by atoms with E-state index in [9.17, 15) is 9.18 Å². The maximum atomic E-state index is 13.5. The largest absolute Gasteiger partial charge is 0.376 e. The molecule has 0 saturated carbocycles. The molecule has 1 N–H and O–H groups in total. The lowest BCUT2D eigenvalue weighted by Crippen LogP contribution is -2.23. The van der Waals surface area contributed by atoms with Gasteiger partial charge in [-0.3, -0.25) is 4.79 Å². The van der Waals surface area contributed by atoms with Crippen LogP contribution in [0.2, 0.25) is 0 Å². The summed E-state index contributed by atoms with van der Waals surface area (Å²) in [6.45, 7) is 0.907. The van der Waals surface area contributed by atoms with Crippen LogP contribution < -0.4 is 15.1 Å². The number of alkyl halides is 1. The van der Waals surface area contributed by atoms with Gasteiger partial charge in [0, 0.05) is 26.7 Å². The molecule has 0 bridgehead atoms. The summed E-state index contributed by atoms with van der Waals surface area (Å²) in [6.07, 6.45) is 2.69. The number of halogens is 1. The highest BCUT2D eigenvalue weighted by molar-refractivity contribution is 6.03. The van der Waals surface area contributed by atoms with E-state index in [2.05, 4.69) is 25.6 Å². The van der Waals surface area contributed by atoms with Crippen LogP contribution in [-0.4, -0.2) is 64.1 Å². The molecule has 3 aromatic heterocycles. The molecule has 140 valence electrons. The van der Waals surface area contributed by atoms with Crippen LogP contribution in [0.3, 0.4) is 0 Å². The lowest BCUT2D eigenvalue weighted by Gasteiger charge is -2.16. The van der Waals surface area contributed by atoms with E-state index in [1.54, 1.807) is 24.4 Å². The number of anilines is 3. The molecule has 4 heterocycles. The van der Waals surface area contributed by atoms with E-state index in [1.165, 1.54) is 10.7 Å². The molecule has 3 aromatic rings. The summed E-state index contributed by atoms with van der Waals surface area (Å²) < 4.78 is 14.9. The molecule has 27 heavy (non-hydrogen) atoms. The average Bonchev–Trinajstić information content (AvgIpc) is 3.27. The van der Waals surface area contributed by atoms with Crippen molar-refractivity contribution < 1.29 is 9.18 Å². The van der Waals surface area contributed by atoms with E-state index in [4.69, 9.17) is 0 Å². The number of aromatic nitrogens is 5. The first kappa shape index (κ1) is 17.1. The quantitative estimate of drug-likeness (QED) is 0.742. The zero-order chi connectivity index (χ0) is 19.0. The number of carbonyl (C=O) groups excluding carboxylic acids is 1. The Balaban J connectivity index is 1.61. The molecule has 10 heteroatoms. The summed E-state index contributed by atoms with van der Waals surface area (Å²) in [5.74, 6) is 0.545. The lowest BCUT2D eigenvalue weighted by atomic mass is 10.3. The van der Waals surface area contributed by atoms with Crippen molar-refractivity contribution in [2.75, 3.05) is 42.3 Å². The van der Waals surface area contributed by atoms with Gasteiger partial charge in [0.25, 0.3) is 5.91 Å². The number of imidazole rings is 1. The molecular formula is C17H19FN8O. The summed E-state index contributed by atoms with van der Waals surface area (Å²) >= 11 is 0. The summed E-state index contributed by atoms with van der Waals surface area (Å²) in [6, 6.07) is 5.27. The van der Waals surface area contributed by atoms with Crippen molar-refractivity contribution in [2.45, 2.75) is 12.6 Å². The molecule has 9 nitrogen and oxygen atoms in total. The molecule has 0 aliphatic carbocycles. The van der Waals surface area contributed by atoms with E-state index >= 15 is 0 Å². The second-order valence-corrected chi connectivity index (χ2v) is 6.58. The molecule has 1 amide bonds. The van der Waals surface area contributed by atoms with Crippen molar-refractivity contribution in [2.24, 2.45) is 0 Å². The Kier molecular flexibility index (Phi) is 4.30. The fourth-order valence-electron chi connectivity index (χ4n) is 2.96. The monoisotopic (exact) mass is 370 g/mol. The minimum Gasteiger partial charge on any atom is -0.376 e. The molecule has 0 radical (unpaired) electrons. The molecule has 1 aliphatic rings. The van der Waals surface area contributed by atoms with Crippen molar-refractivity contribution in [3.05, 3.63) is 36.3 Å². The Morgan fingerprint density at radius 2 is 2.19 bits per heavy atom. The minimum atomic E-state index is -0.851. The first-order valence-corrected chi connectivity index (χ1v) is 8.56. The van der Waals surface area contributed by atoms with Crippen molar-refractivity contribution in [1.29, 1.82) is 0 Å². The van der Waals surface area contributed by atoms with Crippen molar-refractivity contribution in [3.63, 3.8) is 0 Å². The molecule has 1 saturated heterocycles. The maximum Gasteiger partial charge on any atom is 0.277 e. The van der Waals surface area contributed by atoms with E-state index in [1.807, 2.05) is 23.9 Å². The lowest BCUT2D eigenvalue weighted by molar-refractivity contribution is 0.102. The topological polar surface area (TPSA) is 91.5 Å². The van der Waals surface area contributed by atoms with Crippen LogP contribution >= 0.6 is 0 Å². The molecule has 0 spiro atoms. The first-order valence-electron chi connectivity index (χ1n) is 8.56. The predicted molar refractivity (Wildman–Crippen MR) is 99.0 cm³/mol. The Bertz CT molecular complexity index is 988. The van der Waals surface area contributed by atoms with E-state index in [0.717, 1.165) is 5.69 Å². The Hall–Kier alpha value is -3.30. The van der Waals surface area contributed by atoms with Gasteiger partial charge in [-0.15, -0.1) is 10.2 Å². The molecule has 1 atom stereocenters. The third-order valence-corrected chi connectivity index (χ3v) is 4.43. The number of nitrogens with one attached hydrogen (secondary N) is 1. The number of hydrogen-bond acceptors (Lipinski definition) is 7. The Morgan fingerprint density at radius 1 is 1.33 bits per heavy atom. The van der Waals surface area contributed by atoms with Gasteiger partial charge in [-0.25, -0.2) is 13.9 Å². The minimum absolute atomic E-state index is 0.264. The van der Waals surface area contributed by atoms with Gasteiger partial charge < -0.3 is 15.1 Å². The molecule has 0 aromatic carbocycles. The van der Waals surface area contributed by atoms with Gasteiger partial charge in [0.05, 0.1) is 24.6 Å². The van der Waals surface area contributed by atoms with Crippen LogP contribution in [0.5, 0.6) is 0 Å². The number of hydrogen-bond donors (Lipinski definition) is 1. The number of nitrogens with zero attached hydrogens (tertiary/aromatic N) is 7. The van der Waals surface area contributed by atoms with Gasteiger partial charge in [-0.05, 0) is 18.6 Å². The van der Waals surface area contributed by atoms with E-state index in [0.29, 0.717) is 36.8 Å². The molecule has 1 aliphatic heterocycles.